The molecule has 30 heavy (non-hydrogen) atoms. The predicted molar refractivity (Wildman–Crippen MR) is 113 cm³/mol. The summed E-state index contributed by atoms with van der Waals surface area (Å²) in [6.07, 6.45) is 1.04. The Hall–Kier alpha value is -2.64. The molecule has 1 atom stereocenters. The fourth-order valence-corrected chi connectivity index (χ4v) is 4.11. The van der Waals surface area contributed by atoms with Crippen molar-refractivity contribution in [1.29, 1.82) is 0 Å². The van der Waals surface area contributed by atoms with Gasteiger partial charge in [-0.15, -0.1) is 0 Å². The van der Waals surface area contributed by atoms with E-state index < -0.39 is 5.82 Å². The van der Waals surface area contributed by atoms with Crippen LogP contribution < -0.4 is 15.0 Å². The van der Waals surface area contributed by atoms with Crippen LogP contribution in [0, 0.1) is 5.82 Å². The molecule has 1 amide bonds. The van der Waals surface area contributed by atoms with Gasteiger partial charge in [-0.2, -0.15) is 0 Å². The normalized spacial score (nSPS) is 17.5. The Morgan fingerprint density at radius 2 is 2.00 bits per heavy atom. The standard InChI is InChI=1S/C23H28FN3O3/c1-26-9-8-18-14-17(6-7-20(18)26)21(27-10-12-29-13-11-27)15-25-23(28)16-30-22-5-3-2-4-19(22)24/h2-7,14,21H,8-13,15-16H2,1H3,(H,25,28)/t21-/m1/s1. The molecule has 2 aliphatic rings. The maximum atomic E-state index is 13.7. The Kier molecular flexibility index (Phi) is 6.50. The van der Waals surface area contributed by atoms with Gasteiger partial charge in [-0.25, -0.2) is 4.39 Å². The van der Waals surface area contributed by atoms with Crippen molar-refractivity contribution < 1.29 is 18.7 Å². The summed E-state index contributed by atoms with van der Waals surface area (Å²) in [7, 11) is 2.11. The molecule has 2 aromatic carbocycles. The van der Waals surface area contributed by atoms with Crippen LogP contribution in [0.2, 0.25) is 0 Å². The average Bonchev–Trinajstić information content (AvgIpc) is 3.14. The van der Waals surface area contributed by atoms with E-state index in [0.29, 0.717) is 19.8 Å². The topological polar surface area (TPSA) is 54.0 Å². The fourth-order valence-electron chi connectivity index (χ4n) is 4.11. The first kappa shape index (κ1) is 20.6. The number of fused-ring (bicyclic) bond motifs is 1. The van der Waals surface area contributed by atoms with Gasteiger partial charge in [0, 0.05) is 38.9 Å². The fraction of sp³-hybridized carbons (Fsp3) is 0.435. The van der Waals surface area contributed by atoms with E-state index in [1.165, 1.54) is 28.9 Å². The summed E-state index contributed by atoms with van der Waals surface area (Å²) in [5, 5.41) is 2.97. The molecule has 4 rings (SSSR count). The molecule has 0 aromatic heterocycles. The van der Waals surface area contributed by atoms with Crippen LogP contribution >= 0.6 is 0 Å². The molecule has 0 aliphatic carbocycles. The van der Waals surface area contributed by atoms with E-state index in [2.05, 4.69) is 40.4 Å². The lowest BCUT2D eigenvalue weighted by Crippen LogP contribution is -2.44. The molecule has 7 heteroatoms. The number of hydrogen-bond acceptors (Lipinski definition) is 5. The Bertz CT molecular complexity index is 886. The summed E-state index contributed by atoms with van der Waals surface area (Å²) in [5.41, 5.74) is 3.82. The number of halogens is 1. The second kappa shape index (κ2) is 9.45. The molecule has 1 saturated heterocycles. The third kappa shape index (κ3) is 4.74. The van der Waals surface area contributed by atoms with Crippen LogP contribution in [0.25, 0.3) is 0 Å². The van der Waals surface area contributed by atoms with Crippen LogP contribution in [0.1, 0.15) is 17.2 Å². The summed E-state index contributed by atoms with van der Waals surface area (Å²) in [6, 6.07) is 12.7. The minimum Gasteiger partial charge on any atom is -0.481 e. The molecule has 1 N–H and O–H groups in total. The third-order valence-electron chi connectivity index (χ3n) is 5.79. The number of nitrogens with zero attached hydrogens (tertiary/aromatic N) is 2. The molecule has 2 aliphatic heterocycles. The molecule has 2 heterocycles. The Morgan fingerprint density at radius 1 is 1.20 bits per heavy atom. The van der Waals surface area contributed by atoms with Gasteiger partial charge < -0.3 is 19.7 Å². The SMILES string of the molecule is CN1CCc2cc([C@@H](CNC(=O)COc3ccccc3F)N3CCOCC3)ccc21. The molecule has 0 spiro atoms. The first-order chi connectivity index (χ1) is 14.6. The van der Waals surface area contributed by atoms with Gasteiger partial charge >= 0.3 is 0 Å². The number of hydrogen-bond donors (Lipinski definition) is 1. The van der Waals surface area contributed by atoms with Gasteiger partial charge in [0.15, 0.2) is 18.2 Å². The predicted octanol–water partition coefficient (Wildman–Crippen LogP) is 2.39. The van der Waals surface area contributed by atoms with Crippen LogP contribution in [-0.2, 0) is 16.0 Å². The number of rotatable bonds is 7. The van der Waals surface area contributed by atoms with Crippen molar-refractivity contribution in [2.75, 3.05) is 57.9 Å². The highest BCUT2D eigenvalue weighted by Gasteiger charge is 2.25. The number of amides is 1. The van der Waals surface area contributed by atoms with Crippen LogP contribution in [-0.4, -0.2) is 63.9 Å². The van der Waals surface area contributed by atoms with Gasteiger partial charge in [0.25, 0.3) is 5.91 Å². The van der Waals surface area contributed by atoms with E-state index >= 15 is 0 Å². The van der Waals surface area contributed by atoms with Crippen LogP contribution in [0.3, 0.4) is 0 Å². The first-order valence-corrected chi connectivity index (χ1v) is 10.4. The van der Waals surface area contributed by atoms with Crippen molar-refractivity contribution in [3.8, 4) is 5.75 Å². The largest absolute Gasteiger partial charge is 0.481 e. The zero-order valence-electron chi connectivity index (χ0n) is 17.3. The van der Waals surface area contributed by atoms with E-state index in [9.17, 15) is 9.18 Å². The van der Waals surface area contributed by atoms with E-state index in [-0.39, 0.29) is 24.3 Å². The number of carbonyl (C=O) groups excluding carboxylic acids is 1. The van der Waals surface area contributed by atoms with Gasteiger partial charge in [-0.3, -0.25) is 9.69 Å². The van der Waals surface area contributed by atoms with Gasteiger partial charge in [0.05, 0.1) is 19.3 Å². The highest BCUT2D eigenvalue weighted by molar-refractivity contribution is 5.77. The number of likely N-dealkylation sites (N-methyl/N-ethyl adjacent to an activating group) is 1. The van der Waals surface area contributed by atoms with Crippen LogP contribution in [0.5, 0.6) is 5.75 Å². The summed E-state index contributed by atoms with van der Waals surface area (Å²) < 4.78 is 24.5. The van der Waals surface area contributed by atoms with E-state index in [1.54, 1.807) is 12.1 Å². The molecule has 0 bridgehead atoms. The van der Waals surface area contributed by atoms with Crippen molar-refractivity contribution >= 4 is 11.6 Å². The average molecular weight is 413 g/mol. The molecular formula is C23H28FN3O3. The second-order valence-corrected chi connectivity index (χ2v) is 7.75. The van der Waals surface area contributed by atoms with Crippen LogP contribution in [0.15, 0.2) is 42.5 Å². The van der Waals surface area contributed by atoms with Crippen molar-refractivity contribution in [2.24, 2.45) is 0 Å². The minimum absolute atomic E-state index is 0.0579. The monoisotopic (exact) mass is 413 g/mol. The quantitative estimate of drug-likeness (QED) is 0.756. The maximum absolute atomic E-state index is 13.7. The smallest absolute Gasteiger partial charge is 0.258 e. The molecule has 160 valence electrons. The Balaban J connectivity index is 1.41. The Labute approximate surface area is 176 Å². The van der Waals surface area contributed by atoms with Crippen molar-refractivity contribution in [3.05, 3.63) is 59.4 Å². The highest BCUT2D eigenvalue weighted by Crippen LogP contribution is 2.31. The molecule has 6 nitrogen and oxygen atoms in total. The van der Waals surface area contributed by atoms with E-state index in [1.807, 2.05) is 0 Å². The lowest BCUT2D eigenvalue weighted by atomic mass is 10.0. The lowest BCUT2D eigenvalue weighted by molar-refractivity contribution is -0.123. The van der Waals surface area contributed by atoms with Gasteiger partial charge in [-0.05, 0) is 35.7 Å². The van der Waals surface area contributed by atoms with Gasteiger partial charge in [-0.1, -0.05) is 24.3 Å². The number of anilines is 1. The van der Waals surface area contributed by atoms with Crippen molar-refractivity contribution in [3.63, 3.8) is 0 Å². The number of ether oxygens (including phenoxy) is 2. The molecular weight excluding hydrogens is 385 g/mol. The molecule has 2 aromatic rings. The first-order valence-electron chi connectivity index (χ1n) is 10.4. The molecule has 0 saturated carbocycles. The molecule has 0 radical (unpaired) electrons. The summed E-state index contributed by atoms with van der Waals surface area (Å²) in [4.78, 5) is 17.0. The second-order valence-electron chi connectivity index (χ2n) is 7.75. The lowest BCUT2D eigenvalue weighted by Gasteiger charge is -2.35. The Morgan fingerprint density at radius 3 is 2.80 bits per heavy atom. The summed E-state index contributed by atoms with van der Waals surface area (Å²) >= 11 is 0. The van der Waals surface area contributed by atoms with Crippen molar-refractivity contribution in [1.82, 2.24) is 10.2 Å². The molecule has 1 fully saturated rings. The van der Waals surface area contributed by atoms with Crippen LogP contribution in [0.4, 0.5) is 10.1 Å². The van der Waals surface area contributed by atoms with Crippen molar-refractivity contribution in [2.45, 2.75) is 12.5 Å². The number of para-hydroxylation sites is 1. The highest BCUT2D eigenvalue weighted by atomic mass is 19.1. The minimum atomic E-state index is -0.473. The number of benzene rings is 2. The van der Waals surface area contributed by atoms with E-state index in [0.717, 1.165) is 26.1 Å². The zero-order chi connectivity index (χ0) is 20.9. The number of carbonyl (C=O) groups is 1. The number of nitrogens with one attached hydrogen (secondary N) is 1. The molecule has 0 unspecified atom stereocenters. The summed E-state index contributed by atoms with van der Waals surface area (Å²) in [6.45, 7) is 4.31. The maximum Gasteiger partial charge on any atom is 0.258 e. The third-order valence-corrected chi connectivity index (χ3v) is 5.79. The zero-order valence-corrected chi connectivity index (χ0v) is 17.3. The van der Waals surface area contributed by atoms with Gasteiger partial charge in [0.2, 0.25) is 0 Å². The summed E-state index contributed by atoms with van der Waals surface area (Å²) in [5.74, 6) is -0.655. The van der Waals surface area contributed by atoms with Gasteiger partial charge in [0.1, 0.15) is 0 Å². The number of morpholine rings is 1. The van der Waals surface area contributed by atoms with E-state index in [4.69, 9.17) is 9.47 Å².